The van der Waals surface area contributed by atoms with Crippen molar-refractivity contribution in [2.45, 2.75) is 44.4 Å². The summed E-state index contributed by atoms with van der Waals surface area (Å²) in [5.41, 5.74) is 1.32. The number of fused-ring (bicyclic) bond motifs is 2. The van der Waals surface area contributed by atoms with Gasteiger partial charge in [-0.05, 0) is 69.6 Å². The largest absolute Gasteiger partial charge is 0.496 e. The van der Waals surface area contributed by atoms with Crippen LogP contribution in [0.25, 0.3) is 0 Å². The van der Waals surface area contributed by atoms with Crippen LogP contribution in [0.2, 0.25) is 0 Å². The molecule has 1 fully saturated rings. The number of hydrogen-bond donors (Lipinski definition) is 0. The SMILES string of the molecule is COc1ccc(C(=O)N2CCC3(CC2)c2ccc(C(=O)C(F)(F)F)n2C(C)CN3C)cc1C. The normalized spacial score (nSPS) is 20.6. The average molecular weight is 464 g/mol. The summed E-state index contributed by atoms with van der Waals surface area (Å²) < 4.78 is 46.3. The van der Waals surface area contributed by atoms with Gasteiger partial charge in [-0.2, -0.15) is 13.2 Å². The summed E-state index contributed by atoms with van der Waals surface area (Å²) in [5.74, 6) is -1.18. The molecule has 0 saturated carbocycles. The third-order valence-electron chi connectivity index (χ3n) is 7.11. The molecule has 0 bridgehead atoms. The Morgan fingerprint density at radius 3 is 2.36 bits per heavy atom. The summed E-state index contributed by atoms with van der Waals surface area (Å²) in [6.07, 6.45) is -3.78. The van der Waals surface area contributed by atoms with Crippen molar-refractivity contribution in [1.29, 1.82) is 0 Å². The zero-order valence-electron chi connectivity index (χ0n) is 19.2. The van der Waals surface area contributed by atoms with E-state index in [-0.39, 0.29) is 17.6 Å². The van der Waals surface area contributed by atoms with E-state index >= 15 is 0 Å². The number of rotatable bonds is 3. The number of methoxy groups -OCH3 is 1. The van der Waals surface area contributed by atoms with Crippen LogP contribution in [0.1, 0.15) is 57.9 Å². The molecule has 178 valence electrons. The van der Waals surface area contributed by atoms with E-state index < -0.39 is 17.5 Å². The fraction of sp³-hybridized carbons (Fsp3) is 0.500. The van der Waals surface area contributed by atoms with Crippen LogP contribution in [-0.2, 0) is 5.54 Å². The van der Waals surface area contributed by atoms with Gasteiger partial charge in [0.25, 0.3) is 11.7 Å². The molecule has 2 aromatic rings. The molecule has 3 heterocycles. The molecule has 9 heteroatoms. The molecule has 0 aliphatic carbocycles. The van der Waals surface area contributed by atoms with Crippen molar-refractivity contribution in [2.24, 2.45) is 0 Å². The topological polar surface area (TPSA) is 54.8 Å². The molecule has 0 N–H and O–H groups in total. The summed E-state index contributed by atoms with van der Waals surface area (Å²) in [6, 6.07) is 7.99. The number of likely N-dealkylation sites (tertiary alicyclic amines) is 1. The van der Waals surface area contributed by atoms with Crippen LogP contribution >= 0.6 is 0 Å². The molecule has 1 atom stereocenters. The van der Waals surface area contributed by atoms with Crippen molar-refractivity contribution in [2.75, 3.05) is 33.8 Å². The number of Topliss-reactive ketones (excluding diaryl/α,β-unsaturated/α-hetero) is 1. The minimum atomic E-state index is -4.92. The highest BCUT2D eigenvalue weighted by molar-refractivity contribution is 5.99. The Morgan fingerprint density at radius 1 is 1.12 bits per heavy atom. The monoisotopic (exact) mass is 463 g/mol. The second kappa shape index (κ2) is 8.20. The number of carbonyl (C=O) groups is 2. The Balaban J connectivity index is 1.60. The van der Waals surface area contributed by atoms with E-state index in [4.69, 9.17) is 4.74 Å². The number of piperidine rings is 1. The van der Waals surface area contributed by atoms with Gasteiger partial charge in [-0.3, -0.25) is 14.5 Å². The van der Waals surface area contributed by atoms with Gasteiger partial charge in [0.1, 0.15) is 5.75 Å². The van der Waals surface area contributed by atoms with Gasteiger partial charge >= 0.3 is 6.18 Å². The van der Waals surface area contributed by atoms with Crippen LogP contribution in [0.4, 0.5) is 13.2 Å². The van der Waals surface area contributed by atoms with Gasteiger partial charge in [0, 0.05) is 36.9 Å². The third kappa shape index (κ3) is 3.82. The number of likely N-dealkylation sites (N-methyl/N-ethyl adjacent to an activating group) is 1. The molecule has 1 saturated heterocycles. The molecule has 0 radical (unpaired) electrons. The van der Waals surface area contributed by atoms with Crippen molar-refractivity contribution < 1.29 is 27.5 Å². The number of hydrogen-bond acceptors (Lipinski definition) is 4. The number of benzene rings is 1. The minimum absolute atomic E-state index is 0.0780. The second-order valence-electron chi connectivity index (χ2n) is 9.04. The Hall–Kier alpha value is -2.81. The Kier molecular flexibility index (Phi) is 5.80. The summed E-state index contributed by atoms with van der Waals surface area (Å²) in [5, 5.41) is 0. The van der Waals surface area contributed by atoms with Gasteiger partial charge in [-0.15, -0.1) is 0 Å². The van der Waals surface area contributed by atoms with Crippen LogP contribution in [0, 0.1) is 6.92 Å². The maximum atomic E-state index is 13.2. The van der Waals surface area contributed by atoms with Crippen LogP contribution in [0.3, 0.4) is 0 Å². The average Bonchev–Trinajstić information content (AvgIpc) is 3.22. The second-order valence-corrected chi connectivity index (χ2v) is 9.04. The number of aromatic nitrogens is 1. The first-order chi connectivity index (χ1) is 15.5. The van der Waals surface area contributed by atoms with E-state index in [1.807, 2.05) is 20.9 Å². The lowest BCUT2D eigenvalue weighted by Crippen LogP contribution is -2.57. The highest BCUT2D eigenvalue weighted by atomic mass is 19.4. The summed E-state index contributed by atoms with van der Waals surface area (Å²) in [6.45, 7) is 5.16. The molecule has 6 nitrogen and oxygen atoms in total. The summed E-state index contributed by atoms with van der Waals surface area (Å²) in [7, 11) is 3.54. The Morgan fingerprint density at radius 2 is 1.79 bits per heavy atom. The van der Waals surface area contributed by atoms with Crippen LogP contribution in [0.5, 0.6) is 5.75 Å². The van der Waals surface area contributed by atoms with Gasteiger partial charge in [0.2, 0.25) is 0 Å². The molecule has 2 aliphatic rings. The van der Waals surface area contributed by atoms with E-state index in [9.17, 15) is 22.8 Å². The molecule has 1 amide bonds. The lowest BCUT2D eigenvalue weighted by Gasteiger charge is -2.52. The van der Waals surface area contributed by atoms with Gasteiger partial charge in [-0.1, -0.05) is 0 Å². The predicted octanol–water partition coefficient (Wildman–Crippen LogP) is 4.19. The predicted molar refractivity (Wildman–Crippen MR) is 117 cm³/mol. The van der Waals surface area contributed by atoms with E-state index in [2.05, 4.69) is 4.90 Å². The van der Waals surface area contributed by atoms with Gasteiger partial charge in [0.05, 0.1) is 18.3 Å². The lowest BCUT2D eigenvalue weighted by atomic mass is 9.80. The van der Waals surface area contributed by atoms with Crippen molar-refractivity contribution >= 4 is 11.7 Å². The highest BCUT2D eigenvalue weighted by Gasteiger charge is 2.49. The fourth-order valence-corrected chi connectivity index (χ4v) is 5.39. The van der Waals surface area contributed by atoms with E-state index in [1.54, 1.807) is 40.8 Å². The number of carbonyl (C=O) groups excluding carboxylic acids is 2. The van der Waals surface area contributed by atoms with Gasteiger partial charge in [-0.25, -0.2) is 0 Å². The number of halogens is 3. The number of aryl methyl sites for hydroxylation is 1. The fourth-order valence-electron chi connectivity index (χ4n) is 5.39. The first-order valence-electron chi connectivity index (χ1n) is 11.0. The maximum Gasteiger partial charge on any atom is 0.456 e. The van der Waals surface area contributed by atoms with Gasteiger partial charge < -0.3 is 14.2 Å². The molecule has 1 unspecified atom stereocenters. The first kappa shape index (κ1) is 23.4. The number of ketones is 1. The standard InChI is InChI=1S/C24H28F3N3O3/c1-15-13-17(5-7-19(15)33-4)22(32)29-11-9-23(10-12-29)20-8-6-18(21(31)24(25,26)27)30(20)16(2)14-28(23)3/h5-8,13,16H,9-12,14H2,1-4H3. The molecule has 33 heavy (non-hydrogen) atoms. The molecule has 1 aromatic heterocycles. The summed E-state index contributed by atoms with van der Waals surface area (Å²) in [4.78, 5) is 29.1. The molecule has 2 aliphatic heterocycles. The quantitative estimate of drug-likeness (QED) is 0.641. The van der Waals surface area contributed by atoms with Crippen molar-refractivity contribution in [3.05, 3.63) is 52.8 Å². The zero-order valence-corrected chi connectivity index (χ0v) is 19.2. The first-order valence-corrected chi connectivity index (χ1v) is 11.0. The van der Waals surface area contributed by atoms with E-state index in [0.29, 0.717) is 49.5 Å². The Bertz CT molecular complexity index is 1080. The van der Waals surface area contributed by atoms with E-state index in [0.717, 1.165) is 5.56 Å². The van der Waals surface area contributed by atoms with Crippen LogP contribution in [0.15, 0.2) is 30.3 Å². The number of nitrogens with zero attached hydrogens (tertiary/aromatic N) is 3. The number of alkyl halides is 3. The molecule has 1 spiro atoms. The maximum absolute atomic E-state index is 13.2. The van der Waals surface area contributed by atoms with E-state index in [1.165, 1.54) is 6.07 Å². The van der Waals surface area contributed by atoms with Gasteiger partial charge in [0.15, 0.2) is 0 Å². The highest BCUT2D eigenvalue weighted by Crippen LogP contribution is 2.44. The van der Waals surface area contributed by atoms with Crippen molar-refractivity contribution in [3.8, 4) is 5.75 Å². The third-order valence-corrected chi connectivity index (χ3v) is 7.11. The number of ether oxygens (including phenoxy) is 1. The minimum Gasteiger partial charge on any atom is -0.496 e. The molecular formula is C24H28F3N3O3. The Labute approximate surface area is 190 Å². The van der Waals surface area contributed by atoms with Crippen LogP contribution in [-0.4, -0.2) is 66.0 Å². The summed E-state index contributed by atoms with van der Waals surface area (Å²) >= 11 is 0. The molecular weight excluding hydrogens is 435 g/mol. The smallest absolute Gasteiger partial charge is 0.456 e. The molecule has 4 rings (SSSR count). The zero-order chi connectivity index (χ0) is 24.1. The molecule has 1 aromatic carbocycles. The van der Waals surface area contributed by atoms with Crippen LogP contribution < -0.4 is 4.74 Å². The van der Waals surface area contributed by atoms with Crippen molar-refractivity contribution in [1.82, 2.24) is 14.4 Å². The number of amides is 1. The van der Waals surface area contributed by atoms with Crippen molar-refractivity contribution in [3.63, 3.8) is 0 Å². The lowest BCUT2D eigenvalue weighted by molar-refractivity contribution is -0.0894.